The van der Waals surface area contributed by atoms with Gasteiger partial charge in [0.15, 0.2) is 9.84 Å². The highest BCUT2D eigenvalue weighted by Gasteiger charge is 2.45. The van der Waals surface area contributed by atoms with Crippen molar-refractivity contribution in [2.45, 2.75) is 30.2 Å². The van der Waals surface area contributed by atoms with Crippen LogP contribution in [0.2, 0.25) is 0 Å². The third-order valence-corrected chi connectivity index (χ3v) is 4.35. The van der Waals surface area contributed by atoms with E-state index < -0.39 is 15.4 Å². The van der Waals surface area contributed by atoms with Gasteiger partial charge in [0.25, 0.3) is 0 Å². The second-order valence-electron chi connectivity index (χ2n) is 4.49. The molecule has 0 bridgehead atoms. The van der Waals surface area contributed by atoms with Crippen molar-refractivity contribution in [1.82, 2.24) is 0 Å². The Labute approximate surface area is 100 Å². The molecule has 17 heavy (non-hydrogen) atoms. The summed E-state index contributed by atoms with van der Waals surface area (Å²) in [5.74, 6) is 0. The van der Waals surface area contributed by atoms with Crippen LogP contribution in [0.1, 0.15) is 24.0 Å². The molecule has 0 unspecified atom stereocenters. The molecule has 0 N–H and O–H groups in total. The molecule has 0 heterocycles. The lowest BCUT2D eigenvalue weighted by Crippen LogP contribution is -2.06. The second kappa shape index (κ2) is 3.79. The molecule has 2 rings (SSSR count). The fourth-order valence-corrected chi connectivity index (χ4v) is 2.95. The average Bonchev–Trinajstić information content (AvgIpc) is 2.98. The van der Waals surface area contributed by atoms with Gasteiger partial charge in [-0.25, -0.2) is 13.2 Å². The molecule has 1 aromatic carbocycles. The van der Waals surface area contributed by atoms with E-state index in [2.05, 4.69) is 4.99 Å². The number of rotatable bonds is 3. The molecule has 0 amide bonds. The zero-order valence-electron chi connectivity index (χ0n) is 9.73. The number of hydrogen-bond acceptors (Lipinski definition) is 4. The minimum absolute atomic E-state index is 0.308. The van der Waals surface area contributed by atoms with Crippen LogP contribution in [0.15, 0.2) is 28.1 Å². The van der Waals surface area contributed by atoms with E-state index >= 15 is 0 Å². The Bertz CT molecular complexity index is 609. The van der Waals surface area contributed by atoms with Gasteiger partial charge in [0.1, 0.15) is 0 Å². The fourth-order valence-electron chi connectivity index (χ4n) is 1.96. The van der Waals surface area contributed by atoms with Crippen molar-refractivity contribution in [3.05, 3.63) is 29.3 Å². The summed E-state index contributed by atoms with van der Waals surface area (Å²) in [4.78, 5) is 14.5. The van der Waals surface area contributed by atoms with E-state index in [1.807, 2.05) is 6.07 Å². The van der Waals surface area contributed by atoms with Crippen molar-refractivity contribution in [2.75, 3.05) is 6.26 Å². The summed E-state index contributed by atoms with van der Waals surface area (Å²) < 4.78 is 23.2. The van der Waals surface area contributed by atoms with Crippen LogP contribution in [-0.2, 0) is 20.2 Å². The molecule has 5 heteroatoms. The Morgan fingerprint density at radius 1 is 1.35 bits per heavy atom. The Balaban J connectivity index is 2.57. The summed E-state index contributed by atoms with van der Waals surface area (Å²) in [6.07, 6.45) is 4.29. The molecule has 0 saturated heterocycles. The highest BCUT2D eigenvalue weighted by Crippen LogP contribution is 2.49. The first kappa shape index (κ1) is 12.0. The second-order valence-corrected chi connectivity index (χ2v) is 6.47. The van der Waals surface area contributed by atoms with E-state index in [4.69, 9.17) is 0 Å². The quantitative estimate of drug-likeness (QED) is 0.607. The summed E-state index contributed by atoms with van der Waals surface area (Å²) in [5, 5.41) is 0. The molecule has 1 saturated carbocycles. The fraction of sp³-hybridized carbons (Fsp3) is 0.417. The van der Waals surface area contributed by atoms with E-state index in [0.29, 0.717) is 10.5 Å². The lowest BCUT2D eigenvalue weighted by Gasteiger charge is -2.11. The van der Waals surface area contributed by atoms with E-state index in [9.17, 15) is 13.2 Å². The molecule has 0 radical (unpaired) electrons. The largest absolute Gasteiger partial charge is 0.235 e. The Kier molecular flexibility index (Phi) is 2.68. The van der Waals surface area contributed by atoms with Crippen molar-refractivity contribution in [3.8, 4) is 0 Å². The predicted octanol–water partition coefficient (Wildman–Crippen LogP) is 1.72. The van der Waals surface area contributed by atoms with Crippen LogP contribution < -0.4 is 0 Å². The third kappa shape index (κ3) is 2.16. The van der Waals surface area contributed by atoms with E-state index in [0.717, 1.165) is 18.4 Å². The number of aryl methyl sites for hydroxylation is 1. The van der Waals surface area contributed by atoms with Crippen molar-refractivity contribution < 1.29 is 13.2 Å². The van der Waals surface area contributed by atoms with Crippen LogP contribution in [0.25, 0.3) is 0 Å². The van der Waals surface area contributed by atoms with Gasteiger partial charge in [-0.15, -0.1) is 0 Å². The number of isocyanates is 1. The van der Waals surface area contributed by atoms with Gasteiger partial charge in [0, 0.05) is 6.26 Å². The number of aliphatic imine (C=N–C) groups is 1. The maximum atomic E-state index is 11.6. The van der Waals surface area contributed by atoms with Gasteiger partial charge in [-0.1, -0.05) is 12.1 Å². The molecule has 0 atom stereocenters. The Morgan fingerprint density at radius 3 is 2.47 bits per heavy atom. The van der Waals surface area contributed by atoms with Gasteiger partial charge >= 0.3 is 0 Å². The summed E-state index contributed by atoms with van der Waals surface area (Å²) in [5.41, 5.74) is 0.975. The lowest BCUT2D eigenvalue weighted by molar-refractivity contribution is 0.556. The van der Waals surface area contributed by atoms with Crippen molar-refractivity contribution in [2.24, 2.45) is 4.99 Å². The molecule has 0 aliphatic heterocycles. The van der Waals surface area contributed by atoms with E-state index in [-0.39, 0.29) is 0 Å². The van der Waals surface area contributed by atoms with Crippen LogP contribution in [0.3, 0.4) is 0 Å². The van der Waals surface area contributed by atoms with Gasteiger partial charge < -0.3 is 0 Å². The molecule has 1 aliphatic carbocycles. The molecule has 1 aromatic rings. The minimum atomic E-state index is -3.24. The first-order valence-electron chi connectivity index (χ1n) is 5.29. The summed E-state index contributed by atoms with van der Waals surface area (Å²) in [7, 11) is -3.24. The smallest absolute Gasteiger partial charge is 0.224 e. The SMILES string of the molecule is Cc1ccc(C2(N=C=O)CC2)cc1S(C)(=O)=O. The summed E-state index contributed by atoms with van der Waals surface area (Å²) >= 11 is 0. The van der Waals surface area contributed by atoms with Crippen LogP contribution in [0, 0.1) is 6.92 Å². The summed E-state index contributed by atoms with van der Waals surface area (Å²) in [6.45, 7) is 1.75. The maximum absolute atomic E-state index is 11.6. The molecule has 0 aromatic heterocycles. The average molecular weight is 251 g/mol. The van der Waals surface area contributed by atoms with Gasteiger partial charge in [-0.05, 0) is 37.0 Å². The number of nitrogens with zero attached hydrogens (tertiary/aromatic N) is 1. The van der Waals surface area contributed by atoms with Gasteiger partial charge in [-0.3, -0.25) is 0 Å². The Hall–Kier alpha value is -1.45. The molecular formula is C12H13NO3S. The zero-order valence-corrected chi connectivity index (χ0v) is 10.5. The van der Waals surface area contributed by atoms with Gasteiger partial charge in [0.2, 0.25) is 6.08 Å². The predicted molar refractivity (Wildman–Crippen MR) is 63.3 cm³/mol. The minimum Gasteiger partial charge on any atom is -0.224 e. The number of benzene rings is 1. The molecule has 0 spiro atoms. The monoisotopic (exact) mass is 251 g/mol. The molecule has 1 aliphatic rings. The number of sulfone groups is 1. The molecule has 90 valence electrons. The van der Waals surface area contributed by atoms with Crippen LogP contribution >= 0.6 is 0 Å². The standard InChI is InChI=1S/C12H13NO3S/c1-9-3-4-10(7-11(9)17(2,15)16)12(5-6-12)13-8-14/h3-4,7H,5-6H2,1-2H3. The van der Waals surface area contributed by atoms with Crippen LogP contribution in [0.5, 0.6) is 0 Å². The lowest BCUT2D eigenvalue weighted by atomic mass is 10.0. The topological polar surface area (TPSA) is 63.6 Å². The van der Waals surface area contributed by atoms with Crippen molar-refractivity contribution in [3.63, 3.8) is 0 Å². The first-order chi connectivity index (χ1) is 7.89. The zero-order chi connectivity index (χ0) is 12.7. The number of carbonyl (C=O) groups excluding carboxylic acids is 1. The van der Waals surface area contributed by atoms with Crippen molar-refractivity contribution >= 4 is 15.9 Å². The normalized spacial score (nSPS) is 17.3. The van der Waals surface area contributed by atoms with E-state index in [1.54, 1.807) is 25.1 Å². The maximum Gasteiger partial charge on any atom is 0.235 e. The van der Waals surface area contributed by atoms with Crippen LogP contribution in [-0.4, -0.2) is 20.8 Å². The highest BCUT2D eigenvalue weighted by molar-refractivity contribution is 7.90. The Morgan fingerprint density at radius 2 is 2.00 bits per heavy atom. The first-order valence-corrected chi connectivity index (χ1v) is 7.18. The van der Waals surface area contributed by atoms with Crippen LogP contribution in [0.4, 0.5) is 0 Å². The van der Waals surface area contributed by atoms with Gasteiger partial charge in [-0.2, -0.15) is 4.99 Å². The summed E-state index contributed by atoms with van der Waals surface area (Å²) in [6, 6.07) is 5.21. The van der Waals surface area contributed by atoms with Gasteiger partial charge in [0.05, 0.1) is 10.4 Å². The van der Waals surface area contributed by atoms with E-state index in [1.165, 1.54) is 6.26 Å². The van der Waals surface area contributed by atoms with Crippen molar-refractivity contribution in [1.29, 1.82) is 0 Å². The third-order valence-electron chi connectivity index (χ3n) is 3.11. The number of hydrogen-bond donors (Lipinski definition) is 0. The highest BCUT2D eigenvalue weighted by atomic mass is 32.2. The molecule has 1 fully saturated rings. The molecule has 4 nitrogen and oxygen atoms in total. The molecular weight excluding hydrogens is 238 g/mol.